The fourth-order valence-corrected chi connectivity index (χ4v) is 8.63. The van der Waals surface area contributed by atoms with Gasteiger partial charge in [0.1, 0.15) is 7.05 Å². The maximum Gasteiger partial charge on any atom is 0.212 e. The highest BCUT2D eigenvalue weighted by atomic mass is 28.3. The van der Waals surface area contributed by atoms with E-state index in [9.17, 15) is 0 Å². The fraction of sp³-hybridized carbons (Fsp3) is 0.607. The molecule has 30 heavy (non-hydrogen) atoms. The van der Waals surface area contributed by atoms with Gasteiger partial charge in [0.05, 0.1) is 0 Å². The SMILES string of the molecule is Cc1cc(C(C)(C)C2CCCC2)ccc1-c1ccc(C2CC[Si](C)(C)CC2)c[n+]1C. The first-order valence-electron chi connectivity index (χ1n) is 12.3. The molecule has 0 amide bonds. The third-order valence-electron chi connectivity index (χ3n) is 8.59. The fourth-order valence-electron chi connectivity index (χ4n) is 6.12. The molecule has 2 heterocycles. The monoisotopic (exact) mass is 420 g/mol. The number of aromatic nitrogens is 1. The molecular formula is C28H42NSi+. The summed E-state index contributed by atoms with van der Waals surface area (Å²) in [5.74, 6) is 1.60. The van der Waals surface area contributed by atoms with Crippen LogP contribution in [0.3, 0.4) is 0 Å². The summed E-state index contributed by atoms with van der Waals surface area (Å²) in [4.78, 5) is 0. The van der Waals surface area contributed by atoms with E-state index in [1.165, 1.54) is 73.0 Å². The molecule has 0 spiro atoms. The first kappa shape index (κ1) is 21.8. The van der Waals surface area contributed by atoms with Crippen LogP contribution in [0, 0.1) is 12.8 Å². The van der Waals surface area contributed by atoms with E-state index in [0.29, 0.717) is 0 Å². The van der Waals surface area contributed by atoms with Crippen LogP contribution in [-0.2, 0) is 12.5 Å². The Hall–Kier alpha value is -1.41. The molecule has 2 fully saturated rings. The van der Waals surface area contributed by atoms with Crippen LogP contribution >= 0.6 is 0 Å². The number of rotatable bonds is 4. The molecule has 1 aliphatic heterocycles. The molecule has 0 N–H and O–H groups in total. The molecule has 0 unspecified atom stereocenters. The molecule has 1 saturated heterocycles. The Balaban J connectivity index is 1.57. The van der Waals surface area contributed by atoms with Gasteiger partial charge in [0.25, 0.3) is 0 Å². The molecule has 0 atom stereocenters. The highest BCUT2D eigenvalue weighted by Crippen LogP contribution is 2.43. The van der Waals surface area contributed by atoms with Crippen LogP contribution in [0.4, 0.5) is 0 Å². The maximum absolute atomic E-state index is 2.56. The van der Waals surface area contributed by atoms with Crippen LogP contribution in [0.1, 0.15) is 75.0 Å². The first-order valence-corrected chi connectivity index (χ1v) is 15.7. The van der Waals surface area contributed by atoms with Crippen molar-refractivity contribution in [2.75, 3.05) is 0 Å². The lowest BCUT2D eigenvalue weighted by Crippen LogP contribution is -2.34. The van der Waals surface area contributed by atoms with Crippen molar-refractivity contribution in [2.45, 2.75) is 95.8 Å². The number of hydrogen-bond acceptors (Lipinski definition) is 0. The third kappa shape index (κ3) is 4.30. The minimum atomic E-state index is -0.888. The van der Waals surface area contributed by atoms with Crippen LogP contribution in [0.5, 0.6) is 0 Å². The smallest absolute Gasteiger partial charge is 0.201 e. The molecule has 2 heteroatoms. The number of aryl methyl sites for hydroxylation is 2. The molecule has 162 valence electrons. The number of benzene rings is 1. The van der Waals surface area contributed by atoms with Crippen LogP contribution in [0.15, 0.2) is 36.5 Å². The lowest BCUT2D eigenvalue weighted by atomic mass is 9.72. The van der Waals surface area contributed by atoms with Crippen molar-refractivity contribution in [3.63, 3.8) is 0 Å². The quantitative estimate of drug-likeness (QED) is 0.355. The number of hydrogen-bond donors (Lipinski definition) is 0. The first-order chi connectivity index (χ1) is 14.2. The van der Waals surface area contributed by atoms with Crippen LogP contribution in [-0.4, -0.2) is 8.07 Å². The van der Waals surface area contributed by atoms with Gasteiger partial charge in [-0.25, -0.2) is 4.57 Å². The normalized spacial score (nSPS) is 20.6. The van der Waals surface area contributed by atoms with Crippen LogP contribution in [0.2, 0.25) is 25.2 Å². The van der Waals surface area contributed by atoms with Gasteiger partial charge in [-0.05, 0) is 73.1 Å². The average Bonchev–Trinajstić information content (AvgIpc) is 3.24. The predicted octanol–water partition coefficient (Wildman–Crippen LogP) is 7.54. The Kier molecular flexibility index (Phi) is 6.00. The summed E-state index contributed by atoms with van der Waals surface area (Å²) in [5, 5.41) is 0. The zero-order valence-corrected chi connectivity index (χ0v) is 21.2. The number of pyridine rings is 1. The van der Waals surface area contributed by atoms with Crippen molar-refractivity contribution in [2.24, 2.45) is 13.0 Å². The van der Waals surface area contributed by atoms with E-state index < -0.39 is 8.07 Å². The standard InChI is InChI=1S/C28H42NSi/c1-21-19-25(28(2,3)24-9-7-8-10-24)12-13-26(21)27-14-11-23(20-29(27)4)22-15-17-30(5,6)18-16-22/h11-14,19-20,22,24H,7-10,15-18H2,1-6H3/q+1. The molecule has 2 aliphatic rings. The minimum Gasteiger partial charge on any atom is -0.201 e. The van der Waals surface area contributed by atoms with Gasteiger partial charge in [-0.1, -0.05) is 64.0 Å². The van der Waals surface area contributed by atoms with Crippen molar-refractivity contribution in [1.82, 2.24) is 0 Å². The summed E-state index contributed by atoms with van der Waals surface area (Å²) in [6, 6.07) is 15.0. The predicted molar refractivity (Wildman–Crippen MR) is 132 cm³/mol. The molecule has 1 aromatic carbocycles. The van der Waals surface area contributed by atoms with E-state index in [1.807, 2.05) is 0 Å². The lowest BCUT2D eigenvalue weighted by molar-refractivity contribution is -0.660. The second-order valence-electron chi connectivity index (χ2n) is 11.6. The van der Waals surface area contributed by atoms with Gasteiger partial charge in [-0.15, -0.1) is 0 Å². The number of nitrogens with zero attached hydrogens (tertiary/aromatic N) is 1. The van der Waals surface area contributed by atoms with E-state index in [4.69, 9.17) is 0 Å². The van der Waals surface area contributed by atoms with Gasteiger partial charge < -0.3 is 0 Å². The van der Waals surface area contributed by atoms with E-state index in [-0.39, 0.29) is 5.41 Å². The van der Waals surface area contributed by atoms with Gasteiger partial charge in [-0.3, -0.25) is 0 Å². The lowest BCUT2D eigenvalue weighted by Gasteiger charge is -2.33. The molecule has 0 radical (unpaired) electrons. The maximum atomic E-state index is 2.56. The minimum absolute atomic E-state index is 0.282. The summed E-state index contributed by atoms with van der Waals surface area (Å²) in [6.07, 6.45) is 10.8. The van der Waals surface area contributed by atoms with Crippen molar-refractivity contribution >= 4 is 8.07 Å². The Bertz CT molecular complexity index is 895. The Labute approximate surface area is 185 Å². The summed E-state index contributed by atoms with van der Waals surface area (Å²) in [6.45, 7) is 12.3. The van der Waals surface area contributed by atoms with Crippen molar-refractivity contribution in [3.8, 4) is 11.3 Å². The Morgan fingerprint density at radius 1 is 0.933 bits per heavy atom. The third-order valence-corrected chi connectivity index (χ3v) is 11.9. The highest BCUT2D eigenvalue weighted by Gasteiger charge is 2.34. The molecule has 1 saturated carbocycles. The second kappa shape index (κ2) is 8.26. The van der Waals surface area contributed by atoms with E-state index in [2.05, 4.69) is 82.0 Å². The molecule has 1 aliphatic carbocycles. The molecular weight excluding hydrogens is 378 g/mol. The summed E-state index contributed by atoms with van der Waals surface area (Å²) >= 11 is 0. The molecule has 1 aromatic heterocycles. The van der Waals surface area contributed by atoms with E-state index >= 15 is 0 Å². The van der Waals surface area contributed by atoms with Gasteiger partial charge in [0.2, 0.25) is 5.69 Å². The zero-order chi connectivity index (χ0) is 21.5. The van der Waals surface area contributed by atoms with Crippen molar-refractivity contribution in [1.29, 1.82) is 0 Å². The summed E-state index contributed by atoms with van der Waals surface area (Å²) in [7, 11) is 1.34. The zero-order valence-electron chi connectivity index (χ0n) is 20.2. The Morgan fingerprint density at radius 3 is 2.20 bits per heavy atom. The summed E-state index contributed by atoms with van der Waals surface area (Å²) < 4.78 is 2.37. The van der Waals surface area contributed by atoms with Gasteiger partial charge >= 0.3 is 0 Å². The Morgan fingerprint density at radius 2 is 1.60 bits per heavy atom. The van der Waals surface area contributed by atoms with Crippen molar-refractivity contribution in [3.05, 3.63) is 53.2 Å². The van der Waals surface area contributed by atoms with Crippen molar-refractivity contribution < 1.29 is 4.57 Å². The van der Waals surface area contributed by atoms with Crippen LogP contribution in [0.25, 0.3) is 11.3 Å². The van der Waals surface area contributed by atoms with E-state index in [1.54, 1.807) is 5.56 Å². The van der Waals surface area contributed by atoms with Gasteiger partial charge in [0, 0.05) is 25.3 Å². The molecule has 2 aromatic rings. The molecule has 1 nitrogen and oxygen atoms in total. The molecule has 0 bridgehead atoms. The topological polar surface area (TPSA) is 3.88 Å². The second-order valence-corrected chi connectivity index (χ2v) is 17.0. The van der Waals surface area contributed by atoms with Crippen LogP contribution < -0.4 is 4.57 Å². The highest BCUT2D eigenvalue weighted by molar-refractivity contribution is 6.77. The average molecular weight is 421 g/mol. The van der Waals surface area contributed by atoms with Gasteiger partial charge in [0.15, 0.2) is 6.20 Å². The summed E-state index contributed by atoms with van der Waals surface area (Å²) in [5.41, 5.74) is 7.47. The molecule has 4 rings (SSSR count). The largest absolute Gasteiger partial charge is 0.212 e. The van der Waals surface area contributed by atoms with E-state index in [0.717, 1.165) is 11.8 Å². The van der Waals surface area contributed by atoms with Gasteiger partial charge in [-0.2, -0.15) is 0 Å².